The van der Waals surface area contributed by atoms with Gasteiger partial charge in [0.05, 0.1) is 23.7 Å². The molecular weight excluding hydrogens is 498 g/mol. The molecule has 3 aromatic carbocycles. The quantitative estimate of drug-likeness (QED) is 0.339. The maximum Gasteiger partial charge on any atom is 0.270 e. The van der Waals surface area contributed by atoms with Gasteiger partial charge in [0.1, 0.15) is 0 Å². The fourth-order valence-electron chi connectivity index (χ4n) is 4.98. The lowest BCUT2D eigenvalue weighted by Gasteiger charge is -2.32. The summed E-state index contributed by atoms with van der Waals surface area (Å²) in [4.78, 5) is 41.4. The molecule has 1 saturated heterocycles. The van der Waals surface area contributed by atoms with Gasteiger partial charge in [-0.05, 0) is 41.8 Å². The number of carbonyl (C=O) groups is 2. The number of hydrogen-bond donors (Lipinski definition) is 2. The summed E-state index contributed by atoms with van der Waals surface area (Å²) in [5.41, 5.74) is 4.23. The number of non-ortho nitro benzene ring substituents is 1. The molecule has 0 radical (unpaired) electrons. The molecule has 2 amide bonds. The predicted molar refractivity (Wildman–Crippen MR) is 148 cm³/mol. The van der Waals surface area contributed by atoms with Gasteiger partial charge >= 0.3 is 0 Å². The second-order valence-electron chi connectivity index (χ2n) is 9.64. The third-order valence-electron chi connectivity index (χ3n) is 7.11. The predicted octanol–water partition coefficient (Wildman–Crippen LogP) is 3.47. The Morgan fingerprint density at radius 1 is 0.923 bits per heavy atom. The van der Waals surface area contributed by atoms with E-state index < -0.39 is 10.8 Å². The first-order chi connectivity index (χ1) is 19.0. The van der Waals surface area contributed by atoms with Crippen LogP contribution in [0, 0.1) is 10.1 Å². The number of nitrogens with zero attached hydrogens (tertiary/aromatic N) is 3. The van der Waals surface area contributed by atoms with Crippen molar-refractivity contribution in [1.82, 2.24) is 10.2 Å². The molecule has 0 aliphatic carbocycles. The van der Waals surface area contributed by atoms with E-state index in [1.165, 1.54) is 35.4 Å². The minimum Gasteiger partial charge on any atom is -0.379 e. The number of carbonyl (C=O) groups excluding carboxylic acids is 2. The van der Waals surface area contributed by atoms with E-state index in [0.717, 1.165) is 38.3 Å². The Labute approximate surface area is 226 Å². The van der Waals surface area contributed by atoms with Crippen LogP contribution in [0.5, 0.6) is 0 Å². The lowest BCUT2D eigenvalue weighted by atomic mass is 9.98. The van der Waals surface area contributed by atoms with Crippen LogP contribution >= 0.6 is 0 Å². The topological polar surface area (TPSA) is 117 Å². The molecule has 202 valence electrons. The summed E-state index contributed by atoms with van der Waals surface area (Å²) in [7, 11) is 0. The summed E-state index contributed by atoms with van der Waals surface area (Å²) >= 11 is 0. The van der Waals surface area contributed by atoms with E-state index in [1.54, 1.807) is 12.1 Å². The van der Waals surface area contributed by atoms with Crippen LogP contribution in [0.2, 0.25) is 0 Å². The highest BCUT2D eigenvalue weighted by atomic mass is 16.6. The highest BCUT2D eigenvalue weighted by molar-refractivity contribution is 6.06. The van der Waals surface area contributed by atoms with E-state index in [4.69, 9.17) is 4.74 Å². The number of ether oxygens (including phenoxy) is 1. The van der Waals surface area contributed by atoms with Crippen LogP contribution in [0.25, 0.3) is 0 Å². The van der Waals surface area contributed by atoms with Crippen molar-refractivity contribution >= 4 is 28.9 Å². The largest absolute Gasteiger partial charge is 0.379 e. The molecule has 2 aliphatic rings. The van der Waals surface area contributed by atoms with E-state index in [1.807, 2.05) is 18.2 Å². The van der Waals surface area contributed by atoms with Gasteiger partial charge in [-0.25, -0.2) is 0 Å². The Hall–Kier alpha value is -4.28. The van der Waals surface area contributed by atoms with Crippen molar-refractivity contribution in [3.63, 3.8) is 0 Å². The molecule has 39 heavy (non-hydrogen) atoms. The number of nitrogens with one attached hydrogen (secondary N) is 2. The molecule has 0 spiro atoms. The summed E-state index contributed by atoms with van der Waals surface area (Å²) in [6, 6.07) is 19.2. The van der Waals surface area contributed by atoms with Crippen molar-refractivity contribution in [3.8, 4) is 0 Å². The Morgan fingerprint density at radius 2 is 1.72 bits per heavy atom. The minimum absolute atomic E-state index is 0.163. The molecule has 2 heterocycles. The van der Waals surface area contributed by atoms with Gasteiger partial charge in [-0.1, -0.05) is 30.3 Å². The number of nitro groups is 1. The van der Waals surface area contributed by atoms with Crippen LogP contribution in [0.15, 0.2) is 66.7 Å². The van der Waals surface area contributed by atoms with Gasteiger partial charge in [0.25, 0.3) is 17.5 Å². The van der Waals surface area contributed by atoms with Gasteiger partial charge < -0.3 is 20.3 Å². The Balaban J connectivity index is 1.36. The lowest BCUT2D eigenvalue weighted by Crippen LogP contribution is -2.41. The van der Waals surface area contributed by atoms with Crippen LogP contribution < -0.4 is 15.5 Å². The van der Waals surface area contributed by atoms with E-state index in [2.05, 4.69) is 32.6 Å². The van der Waals surface area contributed by atoms with E-state index in [-0.39, 0.29) is 17.2 Å². The average molecular weight is 530 g/mol. The van der Waals surface area contributed by atoms with Crippen LogP contribution in [-0.4, -0.2) is 67.6 Å². The molecule has 2 aliphatic heterocycles. The molecule has 0 atom stereocenters. The maximum absolute atomic E-state index is 13.5. The zero-order valence-corrected chi connectivity index (χ0v) is 21.6. The smallest absolute Gasteiger partial charge is 0.270 e. The molecule has 3 aromatic rings. The summed E-state index contributed by atoms with van der Waals surface area (Å²) in [6.45, 7) is 5.74. The Kier molecular flexibility index (Phi) is 8.14. The van der Waals surface area contributed by atoms with E-state index in [9.17, 15) is 19.7 Å². The van der Waals surface area contributed by atoms with Crippen LogP contribution in [0.4, 0.5) is 17.1 Å². The minimum atomic E-state index is -0.540. The molecule has 2 N–H and O–H groups in total. The van der Waals surface area contributed by atoms with Crippen molar-refractivity contribution in [1.29, 1.82) is 0 Å². The SMILES string of the molecule is O=C(Nc1ccc(N2CCc3ccccc3C2)c(C(=O)NCCN2CCOCC2)c1)c1cccc([N+](=O)[O-])c1. The first kappa shape index (κ1) is 26.3. The fourth-order valence-corrected chi connectivity index (χ4v) is 4.98. The number of rotatable bonds is 8. The Bertz CT molecular complexity index is 1370. The first-order valence-electron chi connectivity index (χ1n) is 13.1. The molecule has 0 bridgehead atoms. The van der Waals surface area contributed by atoms with Crippen molar-refractivity contribution in [2.24, 2.45) is 0 Å². The summed E-state index contributed by atoms with van der Waals surface area (Å²) in [5, 5.41) is 17.0. The van der Waals surface area contributed by atoms with Crippen molar-refractivity contribution in [2.45, 2.75) is 13.0 Å². The second-order valence-corrected chi connectivity index (χ2v) is 9.64. The van der Waals surface area contributed by atoms with Crippen molar-refractivity contribution < 1.29 is 19.2 Å². The van der Waals surface area contributed by atoms with Crippen LogP contribution in [0.1, 0.15) is 31.8 Å². The van der Waals surface area contributed by atoms with Crippen molar-refractivity contribution in [3.05, 3.63) is 99.1 Å². The molecule has 1 fully saturated rings. The second kappa shape index (κ2) is 12.1. The standard InChI is InChI=1S/C29H31N5O5/c35-28(22-6-3-7-25(18-22)34(37)38)31-24-8-9-27(33-12-10-21-4-1-2-5-23(21)20-33)26(19-24)29(36)30-11-13-32-14-16-39-17-15-32/h1-9,18-19H,10-17,20H2,(H,30,36)(H,31,35). The van der Waals surface area contributed by atoms with Gasteiger partial charge in [0, 0.05) is 68.3 Å². The number of nitro benzene ring substituents is 1. The number of anilines is 2. The summed E-state index contributed by atoms with van der Waals surface area (Å²) < 4.78 is 5.40. The van der Waals surface area contributed by atoms with Crippen molar-refractivity contribution in [2.75, 3.05) is 56.2 Å². The number of hydrogen-bond acceptors (Lipinski definition) is 7. The Morgan fingerprint density at radius 3 is 2.51 bits per heavy atom. The monoisotopic (exact) mass is 529 g/mol. The number of morpholine rings is 1. The third kappa shape index (κ3) is 6.42. The average Bonchev–Trinajstić information content (AvgIpc) is 2.97. The molecule has 10 nitrogen and oxygen atoms in total. The molecule has 5 rings (SSSR count). The molecule has 0 saturated carbocycles. The molecule has 0 unspecified atom stereocenters. The van der Waals surface area contributed by atoms with Gasteiger partial charge in [0.2, 0.25) is 0 Å². The fraction of sp³-hybridized carbons (Fsp3) is 0.310. The van der Waals surface area contributed by atoms with Gasteiger partial charge in [0.15, 0.2) is 0 Å². The van der Waals surface area contributed by atoms with Crippen LogP contribution in [-0.2, 0) is 17.7 Å². The first-order valence-corrected chi connectivity index (χ1v) is 13.1. The van der Waals surface area contributed by atoms with E-state index in [0.29, 0.717) is 37.6 Å². The highest BCUT2D eigenvalue weighted by Gasteiger charge is 2.23. The zero-order valence-electron chi connectivity index (χ0n) is 21.6. The maximum atomic E-state index is 13.5. The van der Waals surface area contributed by atoms with Gasteiger partial charge in [-0.3, -0.25) is 24.6 Å². The highest BCUT2D eigenvalue weighted by Crippen LogP contribution is 2.30. The molecular formula is C29H31N5O5. The third-order valence-corrected chi connectivity index (χ3v) is 7.11. The zero-order chi connectivity index (χ0) is 27.2. The molecule has 0 aromatic heterocycles. The number of benzene rings is 3. The van der Waals surface area contributed by atoms with Gasteiger partial charge in [-0.15, -0.1) is 0 Å². The van der Waals surface area contributed by atoms with E-state index >= 15 is 0 Å². The van der Waals surface area contributed by atoms with Crippen LogP contribution in [0.3, 0.4) is 0 Å². The molecule has 10 heteroatoms. The summed E-state index contributed by atoms with van der Waals surface area (Å²) in [6.07, 6.45) is 0.875. The number of amides is 2. The number of fused-ring (bicyclic) bond motifs is 1. The lowest BCUT2D eigenvalue weighted by molar-refractivity contribution is -0.384. The summed E-state index contributed by atoms with van der Waals surface area (Å²) in [5.74, 6) is -0.708. The van der Waals surface area contributed by atoms with Gasteiger partial charge in [-0.2, -0.15) is 0 Å². The normalized spacial score (nSPS) is 15.3.